The number of nitrogens with zero attached hydrogens (tertiary/aromatic N) is 1. The summed E-state index contributed by atoms with van der Waals surface area (Å²) in [5.41, 5.74) is 0. The van der Waals surface area contributed by atoms with Crippen molar-refractivity contribution in [2.75, 3.05) is 14.1 Å². The van der Waals surface area contributed by atoms with Crippen molar-refractivity contribution in [3.8, 4) is 0 Å². The van der Waals surface area contributed by atoms with Gasteiger partial charge in [0.05, 0.1) is 12.0 Å². The third kappa shape index (κ3) is 10.7. The number of carbonyl (C=O) groups excluding carboxylic acids is 1. The fraction of sp³-hybridized carbons (Fsp3) is 0.923. The van der Waals surface area contributed by atoms with E-state index >= 15 is 0 Å². The summed E-state index contributed by atoms with van der Waals surface area (Å²) in [5, 5.41) is 28.3. The van der Waals surface area contributed by atoms with Gasteiger partial charge in [0.1, 0.15) is 11.9 Å². The van der Waals surface area contributed by atoms with Crippen molar-refractivity contribution in [2.24, 2.45) is 23.7 Å². The molecule has 34 heavy (non-hydrogen) atoms. The molecule has 2 rings (SSSR count). The summed E-state index contributed by atoms with van der Waals surface area (Å²) >= 11 is 0. The Kier molecular flexibility index (Phi) is 13.8. The number of carboxylic acid groups (broad SMARTS) is 1. The fourth-order valence-electron chi connectivity index (χ4n) is 4.70. The first-order valence-corrected chi connectivity index (χ1v) is 13.0. The van der Waals surface area contributed by atoms with Crippen LogP contribution in [0.25, 0.3) is 0 Å². The Bertz CT molecular complexity index is 614. The molecule has 2 heterocycles. The van der Waals surface area contributed by atoms with Gasteiger partial charge in [-0.15, -0.1) is 0 Å². The second kappa shape index (κ2) is 15.1. The third-order valence-electron chi connectivity index (χ3n) is 7.15. The van der Waals surface area contributed by atoms with Crippen LogP contribution in [0.3, 0.4) is 0 Å². The summed E-state index contributed by atoms with van der Waals surface area (Å²) in [6.45, 7) is 9.73. The zero-order valence-electron chi connectivity index (χ0n) is 22.3. The highest BCUT2D eigenvalue weighted by molar-refractivity contribution is 5.81. The van der Waals surface area contributed by atoms with Gasteiger partial charge in [-0.1, -0.05) is 53.9 Å². The molecule has 0 spiro atoms. The summed E-state index contributed by atoms with van der Waals surface area (Å²) in [6.07, 6.45) is 5.37. The maximum absolute atomic E-state index is 12.2. The molecule has 0 aromatic carbocycles. The van der Waals surface area contributed by atoms with Crippen LogP contribution in [-0.2, 0) is 19.1 Å². The number of unbranched alkanes of at least 4 members (excludes halogenated alkanes) is 1. The molecule has 0 aromatic rings. The van der Waals surface area contributed by atoms with Crippen LogP contribution in [0, 0.1) is 23.7 Å². The van der Waals surface area contributed by atoms with Crippen LogP contribution in [0.4, 0.5) is 0 Å². The Labute approximate surface area is 206 Å². The van der Waals surface area contributed by atoms with Crippen LogP contribution in [-0.4, -0.2) is 76.9 Å². The lowest BCUT2D eigenvalue weighted by Crippen LogP contribution is -2.41. The van der Waals surface area contributed by atoms with E-state index in [0.29, 0.717) is 31.2 Å². The Morgan fingerprint density at radius 1 is 1.06 bits per heavy atom. The van der Waals surface area contributed by atoms with E-state index in [2.05, 4.69) is 18.7 Å². The van der Waals surface area contributed by atoms with Gasteiger partial charge in [0.15, 0.2) is 12.6 Å². The molecule has 0 bridgehead atoms. The molecule has 2 saturated heterocycles. The lowest BCUT2D eigenvalue weighted by Gasteiger charge is -2.27. The maximum Gasteiger partial charge on any atom is 0.306 e. The number of carboxylic acids is 1. The molecule has 0 amide bonds. The number of Topliss-reactive ketones (excluding diaryl/α,β-unsaturated/α-hetero) is 1. The first kappa shape index (κ1) is 31.0. The van der Waals surface area contributed by atoms with E-state index in [1.807, 2.05) is 27.9 Å². The molecule has 0 saturated carbocycles. The van der Waals surface area contributed by atoms with Gasteiger partial charge in [0.2, 0.25) is 0 Å². The zero-order valence-corrected chi connectivity index (χ0v) is 22.3. The lowest BCUT2D eigenvalue weighted by atomic mass is 9.86. The number of epoxide rings is 1. The van der Waals surface area contributed by atoms with Crippen LogP contribution >= 0.6 is 0 Å². The number of carbonyl (C=O) groups is 2. The molecule has 2 aliphatic heterocycles. The number of ether oxygens (including phenoxy) is 2. The number of likely N-dealkylation sites (N-methyl/N-ethyl adjacent to an activating group) is 1. The average Bonchev–Trinajstić information content (AvgIpc) is 3.54. The second-order valence-corrected chi connectivity index (χ2v) is 10.7. The fourth-order valence-corrected chi connectivity index (χ4v) is 4.70. The molecule has 200 valence electrons. The SMILES string of the molecule is CCC[C@H](C)C(O)C(C)C(=O)CCCC[C@@H](C)CC(C)C(=O)O.CN(C)C1CC(O)OC2OC21. The number of aliphatic hydroxyl groups excluding tert-OH is 2. The van der Waals surface area contributed by atoms with Crippen molar-refractivity contribution >= 4 is 11.8 Å². The molecule has 0 aliphatic carbocycles. The van der Waals surface area contributed by atoms with Crippen molar-refractivity contribution in [3.05, 3.63) is 0 Å². The van der Waals surface area contributed by atoms with Gasteiger partial charge in [-0.05, 0) is 45.2 Å². The zero-order chi connectivity index (χ0) is 26.0. The number of rotatable bonds is 14. The van der Waals surface area contributed by atoms with Crippen molar-refractivity contribution in [1.82, 2.24) is 4.90 Å². The number of ketones is 1. The molecule has 0 aromatic heterocycles. The van der Waals surface area contributed by atoms with E-state index < -0.39 is 18.4 Å². The van der Waals surface area contributed by atoms with Crippen LogP contribution in [0.1, 0.15) is 86.0 Å². The normalized spacial score (nSPS) is 28.1. The van der Waals surface area contributed by atoms with E-state index in [1.54, 1.807) is 6.92 Å². The minimum absolute atomic E-state index is 0.145. The van der Waals surface area contributed by atoms with E-state index in [0.717, 1.165) is 32.1 Å². The van der Waals surface area contributed by atoms with Crippen molar-refractivity contribution in [1.29, 1.82) is 0 Å². The van der Waals surface area contributed by atoms with Crippen molar-refractivity contribution in [2.45, 2.75) is 117 Å². The van der Waals surface area contributed by atoms with Crippen molar-refractivity contribution in [3.63, 3.8) is 0 Å². The smallest absolute Gasteiger partial charge is 0.306 e. The largest absolute Gasteiger partial charge is 0.481 e. The molecule has 7 unspecified atom stereocenters. The second-order valence-electron chi connectivity index (χ2n) is 10.7. The van der Waals surface area contributed by atoms with Gasteiger partial charge < -0.3 is 29.7 Å². The average molecular weight is 488 g/mol. The Balaban J connectivity index is 0.000000429. The first-order valence-electron chi connectivity index (χ1n) is 13.0. The summed E-state index contributed by atoms with van der Waals surface area (Å²) in [6, 6.07) is 0.309. The standard InChI is InChI=1S/C19H36O4.C7H13NO3/c1-6-9-14(3)18(21)16(5)17(20)11-8-7-10-13(2)12-15(4)19(22)23;1-8(2)4-3-5(9)10-7-6(4)11-7/h13-16,18,21H,6-12H2,1-5H3,(H,22,23);4-7,9H,3H2,1-2H3/t13-,14+,15?,16?,18?;/m1./s1. The maximum atomic E-state index is 12.2. The van der Waals surface area contributed by atoms with Crippen LogP contribution < -0.4 is 0 Å². The number of aliphatic hydroxyl groups is 2. The van der Waals surface area contributed by atoms with E-state index in [-0.39, 0.29) is 35.9 Å². The number of hydrogen-bond donors (Lipinski definition) is 3. The van der Waals surface area contributed by atoms with Gasteiger partial charge in [-0.25, -0.2) is 0 Å². The molecular formula is C26H49NO7. The topological polar surface area (TPSA) is 120 Å². The Morgan fingerprint density at radius 3 is 2.26 bits per heavy atom. The summed E-state index contributed by atoms with van der Waals surface area (Å²) < 4.78 is 10.2. The molecule has 2 fully saturated rings. The third-order valence-corrected chi connectivity index (χ3v) is 7.15. The number of hydrogen-bond acceptors (Lipinski definition) is 7. The summed E-state index contributed by atoms with van der Waals surface area (Å²) in [5.74, 6) is -0.661. The minimum Gasteiger partial charge on any atom is -0.481 e. The van der Waals surface area contributed by atoms with Gasteiger partial charge >= 0.3 is 5.97 Å². The molecule has 8 nitrogen and oxygen atoms in total. The molecule has 8 heteroatoms. The predicted molar refractivity (Wildman–Crippen MR) is 131 cm³/mol. The van der Waals surface area contributed by atoms with Gasteiger partial charge in [-0.3, -0.25) is 9.59 Å². The Morgan fingerprint density at radius 2 is 1.71 bits per heavy atom. The Hall–Kier alpha value is -1.06. The summed E-state index contributed by atoms with van der Waals surface area (Å²) in [7, 11) is 3.98. The highest BCUT2D eigenvalue weighted by Crippen LogP contribution is 2.36. The minimum atomic E-state index is -0.740. The van der Waals surface area contributed by atoms with Gasteiger partial charge in [0.25, 0.3) is 0 Å². The van der Waals surface area contributed by atoms with E-state index in [4.69, 9.17) is 14.6 Å². The van der Waals surface area contributed by atoms with Crippen LogP contribution in [0.2, 0.25) is 0 Å². The molecule has 3 N–H and O–H groups in total. The number of aliphatic carboxylic acids is 1. The molecule has 9 atom stereocenters. The quantitative estimate of drug-likeness (QED) is 0.251. The van der Waals surface area contributed by atoms with Crippen molar-refractivity contribution < 1.29 is 34.4 Å². The van der Waals surface area contributed by atoms with Gasteiger partial charge in [0, 0.05) is 24.8 Å². The van der Waals surface area contributed by atoms with E-state index in [1.165, 1.54) is 0 Å². The lowest BCUT2D eigenvalue weighted by molar-refractivity contribution is -0.151. The number of fused-ring (bicyclic) bond motifs is 1. The predicted octanol–water partition coefficient (Wildman–Crippen LogP) is 3.68. The van der Waals surface area contributed by atoms with Crippen LogP contribution in [0.15, 0.2) is 0 Å². The highest BCUT2D eigenvalue weighted by Gasteiger charge is 2.52. The first-order chi connectivity index (χ1) is 15.9. The van der Waals surface area contributed by atoms with E-state index in [9.17, 15) is 19.8 Å². The molecule has 0 radical (unpaired) electrons. The van der Waals surface area contributed by atoms with Crippen LogP contribution in [0.5, 0.6) is 0 Å². The summed E-state index contributed by atoms with van der Waals surface area (Å²) in [4.78, 5) is 25.1. The molecular weight excluding hydrogens is 438 g/mol. The molecule has 2 aliphatic rings. The monoisotopic (exact) mass is 487 g/mol. The highest BCUT2D eigenvalue weighted by atomic mass is 16.8. The van der Waals surface area contributed by atoms with Gasteiger partial charge in [-0.2, -0.15) is 0 Å².